The molecule has 1 unspecified atom stereocenters. The predicted molar refractivity (Wildman–Crippen MR) is 86.1 cm³/mol. The van der Waals surface area contributed by atoms with Crippen molar-refractivity contribution in [3.63, 3.8) is 0 Å². The third kappa shape index (κ3) is 12.9. The summed E-state index contributed by atoms with van der Waals surface area (Å²) in [4.78, 5) is 2.41. The molecule has 2 N–H and O–H groups in total. The fraction of sp³-hybridized carbons (Fsp3) is 1.00. The zero-order valence-electron chi connectivity index (χ0n) is 14.2. The molecule has 0 fully saturated rings. The number of methoxy groups -OCH3 is 1. The van der Waals surface area contributed by atoms with Gasteiger partial charge in [-0.3, -0.25) is 0 Å². The smallest absolute Gasteiger partial charge is 0.0791 e. The average Bonchev–Trinajstić information content (AvgIpc) is 2.37. The molecule has 0 spiro atoms. The molecule has 0 aromatic carbocycles. The SMILES string of the molecule is COCCNCC(O)CN(CCC(C)C)CCC(C)C. The number of aliphatic hydroxyl groups excluding tert-OH is 1. The first kappa shape index (κ1) is 19.8. The van der Waals surface area contributed by atoms with Crippen molar-refractivity contribution in [1.82, 2.24) is 10.2 Å². The van der Waals surface area contributed by atoms with Crippen LogP contribution in [-0.2, 0) is 4.74 Å². The van der Waals surface area contributed by atoms with Crippen molar-refractivity contribution < 1.29 is 9.84 Å². The van der Waals surface area contributed by atoms with Crippen LogP contribution in [0.25, 0.3) is 0 Å². The zero-order chi connectivity index (χ0) is 15.4. The third-order valence-electron chi connectivity index (χ3n) is 3.38. The van der Waals surface area contributed by atoms with Crippen LogP contribution in [0.5, 0.6) is 0 Å². The Morgan fingerprint density at radius 1 is 1.05 bits per heavy atom. The molecule has 20 heavy (non-hydrogen) atoms. The monoisotopic (exact) mass is 288 g/mol. The van der Waals surface area contributed by atoms with Gasteiger partial charge < -0.3 is 20.1 Å². The summed E-state index contributed by atoms with van der Waals surface area (Å²) in [6.07, 6.45) is 2.09. The first-order valence-electron chi connectivity index (χ1n) is 8.05. The van der Waals surface area contributed by atoms with Crippen molar-refractivity contribution in [1.29, 1.82) is 0 Å². The molecule has 0 aliphatic carbocycles. The van der Waals surface area contributed by atoms with Gasteiger partial charge in [0.1, 0.15) is 0 Å². The van der Waals surface area contributed by atoms with Crippen LogP contribution in [0.2, 0.25) is 0 Å². The molecule has 0 rings (SSSR count). The molecule has 0 aromatic heterocycles. The molecule has 0 aliphatic heterocycles. The van der Waals surface area contributed by atoms with Crippen LogP contribution in [0.3, 0.4) is 0 Å². The molecule has 122 valence electrons. The standard InChI is InChI=1S/C16H36N2O2/c1-14(2)6-9-18(10-7-15(3)4)13-16(19)12-17-8-11-20-5/h14-17,19H,6-13H2,1-5H3. The fourth-order valence-corrected chi connectivity index (χ4v) is 1.98. The van der Waals surface area contributed by atoms with Crippen molar-refractivity contribution in [3.8, 4) is 0 Å². The summed E-state index contributed by atoms with van der Waals surface area (Å²) >= 11 is 0. The van der Waals surface area contributed by atoms with Gasteiger partial charge in [0.05, 0.1) is 12.7 Å². The number of ether oxygens (including phenoxy) is 1. The number of hydrogen-bond acceptors (Lipinski definition) is 4. The van der Waals surface area contributed by atoms with Crippen molar-refractivity contribution >= 4 is 0 Å². The minimum Gasteiger partial charge on any atom is -0.390 e. The van der Waals surface area contributed by atoms with E-state index in [0.717, 1.165) is 26.2 Å². The maximum absolute atomic E-state index is 10.1. The van der Waals surface area contributed by atoms with Crippen molar-refractivity contribution in [3.05, 3.63) is 0 Å². The van der Waals surface area contributed by atoms with Crippen LogP contribution < -0.4 is 5.32 Å². The van der Waals surface area contributed by atoms with E-state index in [1.165, 1.54) is 12.8 Å². The van der Waals surface area contributed by atoms with E-state index in [9.17, 15) is 5.11 Å². The van der Waals surface area contributed by atoms with Crippen LogP contribution in [0, 0.1) is 11.8 Å². The Labute approximate surface area is 125 Å². The van der Waals surface area contributed by atoms with Crippen molar-refractivity contribution in [2.24, 2.45) is 11.8 Å². The number of nitrogens with zero attached hydrogens (tertiary/aromatic N) is 1. The summed E-state index contributed by atoms with van der Waals surface area (Å²) in [5, 5.41) is 13.3. The summed E-state index contributed by atoms with van der Waals surface area (Å²) in [6.45, 7) is 14.1. The van der Waals surface area contributed by atoms with Gasteiger partial charge >= 0.3 is 0 Å². The van der Waals surface area contributed by atoms with E-state index in [1.54, 1.807) is 7.11 Å². The maximum Gasteiger partial charge on any atom is 0.0791 e. The highest BCUT2D eigenvalue weighted by molar-refractivity contribution is 4.68. The van der Waals surface area contributed by atoms with Gasteiger partial charge in [0.15, 0.2) is 0 Å². The molecule has 0 radical (unpaired) electrons. The van der Waals surface area contributed by atoms with Gasteiger partial charge in [0.25, 0.3) is 0 Å². The lowest BCUT2D eigenvalue weighted by Crippen LogP contribution is -2.40. The van der Waals surface area contributed by atoms with E-state index in [-0.39, 0.29) is 6.10 Å². The van der Waals surface area contributed by atoms with E-state index in [2.05, 4.69) is 37.9 Å². The van der Waals surface area contributed by atoms with Crippen molar-refractivity contribution in [2.75, 3.05) is 46.4 Å². The first-order chi connectivity index (χ1) is 9.45. The van der Waals surface area contributed by atoms with Crippen LogP contribution in [-0.4, -0.2) is 62.6 Å². The molecule has 0 heterocycles. The van der Waals surface area contributed by atoms with Crippen molar-refractivity contribution in [2.45, 2.75) is 46.6 Å². The van der Waals surface area contributed by atoms with E-state index < -0.39 is 0 Å². The van der Waals surface area contributed by atoms with Gasteiger partial charge in [-0.2, -0.15) is 0 Å². The topological polar surface area (TPSA) is 44.7 Å². The first-order valence-corrected chi connectivity index (χ1v) is 8.05. The predicted octanol–water partition coefficient (Wildman–Crippen LogP) is 1.98. The van der Waals surface area contributed by atoms with Crippen LogP contribution in [0.1, 0.15) is 40.5 Å². The third-order valence-corrected chi connectivity index (χ3v) is 3.38. The molecule has 0 aliphatic rings. The molecule has 1 atom stereocenters. The molecule has 0 saturated carbocycles. The quantitative estimate of drug-likeness (QED) is 0.509. The van der Waals surface area contributed by atoms with Gasteiger partial charge in [-0.1, -0.05) is 27.7 Å². The van der Waals surface area contributed by atoms with Gasteiger partial charge in [-0.05, 0) is 37.8 Å². The number of rotatable bonds is 13. The fourth-order valence-electron chi connectivity index (χ4n) is 1.98. The molecule has 4 heteroatoms. The Kier molecular flexibility index (Phi) is 12.5. The lowest BCUT2D eigenvalue weighted by molar-refractivity contribution is 0.103. The highest BCUT2D eigenvalue weighted by Gasteiger charge is 2.12. The summed E-state index contributed by atoms with van der Waals surface area (Å²) in [7, 11) is 1.69. The Morgan fingerprint density at radius 3 is 2.05 bits per heavy atom. The molecular formula is C16H36N2O2. The Bertz CT molecular complexity index is 199. The second-order valence-electron chi connectivity index (χ2n) is 6.52. The zero-order valence-corrected chi connectivity index (χ0v) is 14.2. The summed E-state index contributed by atoms with van der Waals surface area (Å²) < 4.78 is 4.98. The van der Waals surface area contributed by atoms with Gasteiger partial charge in [0.2, 0.25) is 0 Å². The maximum atomic E-state index is 10.1. The van der Waals surface area contributed by atoms with E-state index >= 15 is 0 Å². The van der Waals surface area contributed by atoms with Crippen LogP contribution >= 0.6 is 0 Å². The molecule has 0 aromatic rings. The number of hydrogen-bond donors (Lipinski definition) is 2. The number of nitrogens with one attached hydrogen (secondary N) is 1. The van der Waals surface area contributed by atoms with Gasteiger partial charge in [-0.25, -0.2) is 0 Å². The van der Waals surface area contributed by atoms with Gasteiger partial charge in [-0.15, -0.1) is 0 Å². The largest absolute Gasteiger partial charge is 0.390 e. The lowest BCUT2D eigenvalue weighted by Gasteiger charge is -2.26. The highest BCUT2D eigenvalue weighted by Crippen LogP contribution is 2.07. The Morgan fingerprint density at radius 2 is 1.60 bits per heavy atom. The summed E-state index contributed by atoms with van der Waals surface area (Å²) in [5.41, 5.74) is 0. The molecule has 0 saturated heterocycles. The molecule has 4 nitrogen and oxygen atoms in total. The van der Waals surface area contributed by atoms with Gasteiger partial charge in [0, 0.05) is 26.7 Å². The minimum atomic E-state index is -0.300. The number of aliphatic hydroxyl groups is 1. The van der Waals surface area contributed by atoms with Crippen LogP contribution in [0.4, 0.5) is 0 Å². The normalized spacial score (nSPS) is 13.7. The Balaban J connectivity index is 3.97. The second-order valence-corrected chi connectivity index (χ2v) is 6.52. The molecular weight excluding hydrogens is 252 g/mol. The van der Waals surface area contributed by atoms with E-state index in [0.29, 0.717) is 25.0 Å². The average molecular weight is 288 g/mol. The highest BCUT2D eigenvalue weighted by atomic mass is 16.5. The lowest BCUT2D eigenvalue weighted by atomic mass is 10.1. The Hall–Kier alpha value is -0.160. The minimum absolute atomic E-state index is 0.300. The molecule has 0 bridgehead atoms. The summed E-state index contributed by atoms with van der Waals surface area (Å²) in [6, 6.07) is 0. The second kappa shape index (κ2) is 12.6. The molecule has 0 amide bonds. The van der Waals surface area contributed by atoms with Crippen LogP contribution in [0.15, 0.2) is 0 Å². The van der Waals surface area contributed by atoms with E-state index in [1.807, 2.05) is 0 Å². The van der Waals surface area contributed by atoms with E-state index in [4.69, 9.17) is 4.74 Å². The summed E-state index contributed by atoms with van der Waals surface area (Å²) in [5.74, 6) is 1.43.